The summed E-state index contributed by atoms with van der Waals surface area (Å²) in [6.45, 7) is 1.88. The third kappa shape index (κ3) is 2.71. The summed E-state index contributed by atoms with van der Waals surface area (Å²) in [5.74, 6) is 0.487. The number of ether oxygens (including phenoxy) is 1. The lowest BCUT2D eigenvalue weighted by Gasteiger charge is -2.09. The van der Waals surface area contributed by atoms with Crippen molar-refractivity contribution in [1.29, 1.82) is 0 Å². The standard InChI is InChI=1S/C14H12ClN5O/c1-9-7-20(19-18-9)13-4-3-10(15)5-11(13)12-6-14(21-2)17-8-16-12/h3-8H,1-2H3. The predicted octanol–water partition coefficient (Wildman–Crippen LogP) is 2.69. The van der Waals surface area contributed by atoms with Gasteiger partial charge in [-0.1, -0.05) is 16.8 Å². The zero-order valence-electron chi connectivity index (χ0n) is 11.5. The van der Waals surface area contributed by atoms with Gasteiger partial charge in [-0.15, -0.1) is 5.10 Å². The molecule has 0 saturated carbocycles. The smallest absolute Gasteiger partial charge is 0.216 e. The lowest BCUT2D eigenvalue weighted by Crippen LogP contribution is -2.00. The van der Waals surface area contributed by atoms with Gasteiger partial charge in [0.25, 0.3) is 0 Å². The minimum atomic E-state index is 0.487. The largest absolute Gasteiger partial charge is 0.481 e. The van der Waals surface area contributed by atoms with Gasteiger partial charge in [-0.3, -0.25) is 0 Å². The molecule has 2 aromatic heterocycles. The number of rotatable bonds is 3. The average Bonchev–Trinajstić information content (AvgIpc) is 2.93. The Morgan fingerprint density at radius 2 is 2.05 bits per heavy atom. The molecule has 3 rings (SSSR count). The first kappa shape index (κ1) is 13.5. The van der Waals surface area contributed by atoms with Gasteiger partial charge in [0, 0.05) is 16.7 Å². The maximum absolute atomic E-state index is 6.11. The molecule has 0 atom stereocenters. The molecular weight excluding hydrogens is 290 g/mol. The maximum Gasteiger partial charge on any atom is 0.216 e. The van der Waals surface area contributed by atoms with Crippen molar-refractivity contribution in [1.82, 2.24) is 25.0 Å². The second-order valence-corrected chi connectivity index (χ2v) is 4.85. The van der Waals surface area contributed by atoms with Crippen molar-refractivity contribution in [2.24, 2.45) is 0 Å². The Labute approximate surface area is 126 Å². The van der Waals surface area contributed by atoms with Crippen LogP contribution < -0.4 is 4.74 Å². The molecule has 0 unspecified atom stereocenters. The molecule has 21 heavy (non-hydrogen) atoms. The Bertz CT molecular complexity index is 787. The van der Waals surface area contributed by atoms with E-state index >= 15 is 0 Å². The second-order valence-electron chi connectivity index (χ2n) is 4.41. The Balaban J connectivity index is 2.18. The molecule has 0 N–H and O–H groups in total. The van der Waals surface area contributed by atoms with E-state index in [4.69, 9.17) is 16.3 Å². The number of halogens is 1. The minimum Gasteiger partial charge on any atom is -0.481 e. The molecule has 0 spiro atoms. The van der Waals surface area contributed by atoms with Gasteiger partial charge in [0.1, 0.15) is 6.33 Å². The lowest BCUT2D eigenvalue weighted by molar-refractivity contribution is 0.397. The Morgan fingerprint density at radius 3 is 2.76 bits per heavy atom. The summed E-state index contributed by atoms with van der Waals surface area (Å²) in [5.41, 5.74) is 3.19. The highest BCUT2D eigenvalue weighted by atomic mass is 35.5. The van der Waals surface area contributed by atoms with E-state index in [0.29, 0.717) is 16.6 Å². The molecule has 0 aliphatic heterocycles. The molecule has 0 bridgehead atoms. The van der Waals surface area contributed by atoms with Crippen molar-refractivity contribution in [3.63, 3.8) is 0 Å². The van der Waals surface area contributed by atoms with Crippen molar-refractivity contribution in [2.45, 2.75) is 6.92 Å². The summed E-state index contributed by atoms with van der Waals surface area (Å²) in [6, 6.07) is 7.25. The van der Waals surface area contributed by atoms with Gasteiger partial charge in [0.2, 0.25) is 5.88 Å². The van der Waals surface area contributed by atoms with Crippen molar-refractivity contribution in [2.75, 3.05) is 7.11 Å². The number of benzene rings is 1. The molecular formula is C14H12ClN5O. The maximum atomic E-state index is 6.11. The van der Waals surface area contributed by atoms with Gasteiger partial charge < -0.3 is 4.74 Å². The number of hydrogen-bond acceptors (Lipinski definition) is 5. The molecule has 106 valence electrons. The van der Waals surface area contributed by atoms with E-state index in [9.17, 15) is 0 Å². The Hall–Kier alpha value is -2.47. The third-order valence-electron chi connectivity index (χ3n) is 2.94. The van der Waals surface area contributed by atoms with E-state index in [2.05, 4.69) is 20.3 Å². The van der Waals surface area contributed by atoms with E-state index in [-0.39, 0.29) is 0 Å². The second kappa shape index (κ2) is 5.49. The van der Waals surface area contributed by atoms with Crippen LogP contribution in [0.3, 0.4) is 0 Å². The summed E-state index contributed by atoms with van der Waals surface area (Å²) in [6.07, 6.45) is 3.29. The van der Waals surface area contributed by atoms with Crippen molar-refractivity contribution >= 4 is 11.6 Å². The first-order valence-corrected chi connectivity index (χ1v) is 6.60. The van der Waals surface area contributed by atoms with Crippen LogP contribution in [0.15, 0.2) is 36.8 Å². The highest BCUT2D eigenvalue weighted by molar-refractivity contribution is 6.31. The topological polar surface area (TPSA) is 65.7 Å². The molecule has 0 amide bonds. The zero-order chi connectivity index (χ0) is 14.8. The first-order valence-electron chi connectivity index (χ1n) is 6.22. The summed E-state index contributed by atoms with van der Waals surface area (Å²) < 4.78 is 6.83. The van der Waals surface area contributed by atoms with Gasteiger partial charge in [0.15, 0.2) is 0 Å². The molecule has 0 fully saturated rings. The van der Waals surface area contributed by atoms with Gasteiger partial charge in [-0.25, -0.2) is 14.6 Å². The predicted molar refractivity (Wildman–Crippen MR) is 78.7 cm³/mol. The fourth-order valence-electron chi connectivity index (χ4n) is 1.98. The van der Waals surface area contributed by atoms with Gasteiger partial charge in [-0.2, -0.15) is 0 Å². The summed E-state index contributed by atoms with van der Waals surface area (Å²) in [7, 11) is 1.56. The first-order chi connectivity index (χ1) is 10.2. The Kier molecular flexibility index (Phi) is 3.53. The van der Waals surface area contributed by atoms with Crippen LogP contribution in [-0.4, -0.2) is 32.1 Å². The highest BCUT2D eigenvalue weighted by Crippen LogP contribution is 2.29. The Morgan fingerprint density at radius 1 is 1.19 bits per heavy atom. The van der Waals surface area contributed by atoms with Crippen LogP contribution in [0.1, 0.15) is 5.69 Å². The number of nitrogens with zero attached hydrogens (tertiary/aromatic N) is 5. The van der Waals surface area contributed by atoms with Crippen LogP contribution in [0.5, 0.6) is 5.88 Å². The summed E-state index contributed by atoms with van der Waals surface area (Å²) in [4.78, 5) is 8.29. The van der Waals surface area contributed by atoms with Gasteiger partial charge >= 0.3 is 0 Å². The normalized spacial score (nSPS) is 10.6. The van der Waals surface area contributed by atoms with E-state index < -0.39 is 0 Å². The minimum absolute atomic E-state index is 0.487. The lowest BCUT2D eigenvalue weighted by atomic mass is 10.1. The summed E-state index contributed by atoms with van der Waals surface area (Å²) in [5, 5.41) is 8.71. The van der Waals surface area contributed by atoms with Gasteiger partial charge in [0.05, 0.1) is 30.4 Å². The number of aryl methyl sites for hydroxylation is 1. The van der Waals surface area contributed by atoms with Crippen LogP contribution in [0.25, 0.3) is 16.9 Å². The molecule has 0 radical (unpaired) electrons. The molecule has 2 heterocycles. The third-order valence-corrected chi connectivity index (χ3v) is 3.18. The fraction of sp³-hybridized carbons (Fsp3) is 0.143. The van der Waals surface area contributed by atoms with E-state index in [1.807, 2.05) is 25.3 Å². The van der Waals surface area contributed by atoms with Crippen molar-refractivity contribution in [3.05, 3.63) is 47.5 Å². The summed E-state index contributed by atoms with van der Waals surface area (Å²) >= 11 is 6.11. The molecule has 1 aromatic carbocycles. The monoisotopic (exact) mass is 301 g/mol. The van der Waals surface area contributed by atoms with E-state index in [1.165, 1.54) is 6.33 Å². The molecule has 6 nitrogen and oxygen atoms in total. The van der Waals surface area contributed by atoms with Crippen molar-refractivity contribution < 1.29 is 4.74 Å². The van der Waals surface area contributed by atoms with Crippen LogP contribution in [-0.2, 0) is 0 Å². The fourth-order valence-corrected chi connectivity index (χ4v) is 2.15. The number of methoxy groups -OCH3 is 1. The van der Waals surface area contributed by atoms with Crippen LogP contribution in [0.2, 0.25) is 5.02 Å². The van der Waals surface area contributed by atoms with Crippen LogP contribution in [0.4, 0.5) is 0 Å². The molecule has 3 aromatic rings. The van der Waals surface area contributed by atoms with Crippen LogP contribution >= 0.6 is 11.6 Å². The number of aromatic nitrogens is 5. The van der Waals surface area contributed by atoms with Crippen LogP contribution in [0, 0.1) is 6.92 Å². The molecule has 0 aliphatic rings. The SMILES string of the molecule is COc1cc(-c2cc(Cl)ccc2-n2cc(C)nn2)ncn1. The van der Waals surface area contributed by atoms with Crippen molar-refractivity contribution in [3.8, 4) is 22.8 Å². The van der Waals surface area contributed by atoms with E-state index in [1.54, 1.807) is 23.9 Å². The highest BCUT2D eigenvalue weighted by Gasteiger charge is 2.12. The number of hydrogen-bond donors (Lipinski definition) is 0. The van der Waals surface area contributed by atoms with Gasteiger partial charge in [-0.05, 0) is 25.1 Å². The zero-order valence-corrected chi connectivity index (χ0v) is 12.2. The quantitative estimate of drug-likeness (QED) is 0.744. The average molecular weight is 302 g/mol. The molecule has 0 saturated heterocycles. The molecule has 7 heteroatoms. The molecule has 0 aliphatic carbocycles. The van der Waals surface area contributed by atoms with E-state index in [0.717, 1.165) is 16.9 Å².